The molecule has 0 fully saturated rings. The highest BCUT2D eigenvalue weighted by Crippen LogP contribution is 2.14. The van der Waals surface area contributed by atoms with Crippen LogP contribution in [0.4, 0.5) is 13.2 Å². The maximum Gasteiger partial charge on any atom is 0.413 e. The average Bonchev–Trinajstić information content (AvgIpc) is 1.95. The molecule has 1 N–H and O–H groups in total. The average molecular weight is 199 g/mol. The number of nitrogens with one attached hydrogen (secondary N) is 1. The molecular weight excluding hydrogens is 183 g/mol. The van der Waals surface area contributed by atoms with Crippen LogP contribution >= 0.6 is 0 Å². The molecule has 1 atom stereocenters. The summed E-state index contributed by atoms with van der Waals surface area (Å²) in [6.45, 7) is 4.51. The zero-order valence-corrected chi connectivity index (χ0v) is 8.11. The maximum atomic E-state index is 11.6. The molecule has 0 saturated heterocycles. The minimum atomic E-state index is -4.26. The quantitative estimate of drug-likeness (QED) is 0.687. The van der Waals surface area contributed by atoms with Gasteiger partial charge in [-0.25, -0.2) is 0 Å². The third-order valence-corrected chi connectivity index (χ3v) is 1.72. The molecule has 0 aromatic rings. The number of hydroxylamine groups is 1. The van der Waals surface area contributed by atoms with E-state index in [1.165, 1.54) is 0 Å². The maximum absolute atomic E-state index is 11.6. The number of hydrogen-bond donors (Lipinski definition) is 1. The molecule has 80 valence electrons. The molecule has 2 nitrogen and oxygen atoms in total. The van der Waals surface area contributed by atoms with Crippen molar-refractivity contribution in [3.63, 3.8) is 0 Å². The zero-order valence-electron chi connectivity index (χ0n) is 8.11. The number of halogens is 3. The number of alkyl halides is 3. The second kappa shape index (κ2) is 5.44. The summed E-state index contributed by atoms with van der Waals surface area (Å²) >= 11 is 0. The van der Waals surface area contributed by atoms with E-state index in [9.17, 15) is 13.2 Å². The summed E-state index contributed by atoms with van der Waals surface area (Å²) in [4.78, 5) is 4.34. The fraction of sp³-hybridized carbons (Fsp3) is 1.00. The van der Waals surface area contributed by atoms with Gasteiger partial charge in [0.25, 0.3) is 0 Å². The third kappa shape index (κ3) is 6.83. The fourth-order valence-corrected chi connectivity index (χ4v) is 0.921. The first-order chi connectivity index (χ1) is 5.87. The Morgan fingerprint density at radius 3 is 2.15 bits per heavy atom. The Labute approximate surface area is 76.4 Å². The SMILES string of the molecule is CCC(NOCC(F)(F)F)C(C)C. The largest absolute Gasteiger partial charge is 0.413 e. The smallest absolute Gasteiger partial charge is 0.292 e. The minimum absolute atomic E-state index is 0.0256. The molecule has 0 bridgehead atoms. The van der Waals surface area contributed by atoms with Crippen molar-refractivity contribution in [2.24, 2.45) is 5.92 Å². The molecule has 0 aromatic heterocycles. The molecule has 13 heavy (non-hydrogen) atoms. The van der Waals surface area contributed by atoms with Crippen LogP contribution in [0.2, 0.25) is 0 Å². The van der Waals surface area contributed by atoms with Gasteiger partial charge in [-0.15, -0.1) is 0 Å². The summed E-state index contributed by atoms with van der Waals surface area (Å²) in [5.74, 6) is 0.262. The van der Waals surface area contributed by atoms with Gasteiger partial charge in [0.05, 0.1) is 0 Å². The Bertz CT molecular complexity index is 136. The highest BCUT2D eigenvalue weighted by molar-refractivity contribution is 4.63. The Morgan fingerprint density at radius 2 is 1.85 bits per heavy atom. The molecule has 0 saturated carbocycles. The van der Waals surface area contributed by atoms with Crippen LogP contribution in [-0.4, -0.2) is 18.8 Å². The van der Waals surface area contributed by atoms with E-state index in [1.807, 2.05) is 20.8 Å². The predicted octanol–water partition coefficient (Wildman–Crippen LogP) is 2.50. The zero-order chi connectivity index (χ0) is 10.5. The Balaban J connectivity index is 3.62. The molecule has 0 radical (unpaired) electrons. The van der Waals surface area contributed by atoms with E-state index in [-0.39, 0.29) is 12.0 Å². The monoisotopic (exact) mass is 199 g/mol. The lowest BCUT2D eigenvalue weighted by atomic mass is 10.0. The molecule has 5 heteroatoms. The van der Waals surface area contributed by atoms with E-state index in [0.29, 0.717) is 0 Å². The van der Waals surface area contributed by atoms with Crippen LogP contribution in [-0.2, 0) is 4.84 Å². The molecular formula is C8H16F3NO. The van der Waals surface area contributed by atoms with Gasteiger partial charge in [0, 0.05) is 6.04 Å². The van der Waals surface area contributed by atoms with E-state index in [0.717, 1.165) is 6.42 Å². The molecule has 0 aliphatic heterocycles. The summed E-state index contributed by atoms with van der Waals surface area (Å²) in [7, 11) is 0. The molecule has 0 amide bonds. The number of hydrogen-bond acceptors (Lipinski definition) is 2. The Kier molecular flexibility index (Phi) is 5.32. The molecule has 0 aromatic carbocycles. The normalized spacial score (nSPS) is 15.0. The lowest BCUT2D eigenvalue weighted by Crippen LogP contribution is -2.36. The van der Waals surface area contributed by atoms with Crippen molar-refractivity contribution in [2.75, 3.05) is 6.61 Å². The van der Waals surface area contributed by atoms with Gasteiger partial charge in [-0.3, -0.25) is 4.84 Å². The first kappa shape index (κ1) is 12.7. The van der Waals surface area contributed by atoms with Gasteiger partial charge >= 0.3 is 6.18 Å². The lowest BCUT2D eigenvalue weighted by molar-refractivity contribution is -0.194. The summed E-state index contributed by atoms with van der Waals surface area (Å²) in [6.07, 6.45) is -3.52. The molecule has 0 aliphatic rings. The summed E-state index contributed by atoms with van der Waals surface area (Å²) in [6, 6.07) is -0.0256. The van der Waals surface area contributed by atoms with Gasteiger partial charge in [0.1, 0.15) is 0 Å². The van der Waals surface area contributed by atoms with Gasteiger partial charge in [-0.2, -0.15) is 18.7 Å². The van der Waals surface area contributed by atoms with Crippen LogP contribution < -0.4 is 5.48 Å². The van der Waals surface area contributed by atoms with Gasteiger partial charge in [0.15, 0.2) is 6.61 Å². The minimum Gasteiger partial charge on any atom is -0.292 e. The summed E-state index contributed by atoms with van der Waals surface area (Å²) in [5.41, 5.74) is 2.41. The van der Waals surface area contributed by atoms with Crippen molar-refractivity contribution >= 4 is 0 Å². The van der Waals surface area contributed by atoms with Gasteiger partial charge < -0.3 is 0 Å². The van der Waals surface area contributed by atoms with Crippen molar-refractivity contribution in [3.8, 4) is 0 Å². The van der Waals surface area contributed by atoms with E-state index in [1.54, 1.807) is 0 Å². The van der Waals surface area contributed by atoms with Gasteiger partial charge in [0.2, 0.25) is 0 Å². The first-order valence-electron chi connectivity index (χ1n) is 4.31. The summed E-state index contributed by atoms with van der Waals surface area (Å²) in [5, 5.41) is 0. The standard InChI is InChI=1S/C8H16F3NO/c1-4-7(6(2)3)12-13-5-8(9,10)11/h6-7,12H,4-5H2,1-3H3. The number of rotatable bonds is 5. The van der Waals surface area contributed by atoms with Crippen LogP contribution in [0.1, 0.15) is 27.2 Å². The molecule has 0 heterocycles. The highest BCUT2D eigenvalue weighted by atomic mass is 19.4. The topological polar surface area (TPSA) is 21.3 Å². The van der Waals surface area contributed by atoms with Crippen molar-refractivity contribution in [3.05, 3.63) is 0 Å². The highest BCUT2D eigenvalue weighted by Gasteiger charge is 2.28. The third-order valence-electron chi connectivity index (χ3n) is 1.72. The van der Waals surface area contributed by atoms with Crippen molar-refractivity contribution < 1.29 is 18.0 Å². The van der Waals surface area contributed by atoms with Crippen LogP contribution in [0.25, 0.3) is 0 Å². The molecule has 0 aliphatic carbocycles. The van der Waals surface area contributed by atoms with Crippen LogP contribution in [0.5, 0.6) is 0 Å². The summed E-state index contributed by atoms with van der Waals surface area (Å²) < 4.78 is 34.9. The molecule has 1 unspecified atom stereocenters. The Hall–Kier alpha value is -0.290. The van der Waals surface area contributed by atoms with E-state index in [4.69, 9.17) is 0 Å². The van der Waals surface area contributed by atoms with Crippen LogP contribution in [0.3, 0.4) is 0 Å². The van der Waals surface area contributed by atoms with Crippen LogP contribution in [0, 0.1) is 5.92 Å². The van der Waals surface area contributed by atoms with Crippen LogP contribution in [0.15, 0.2) is 0 Å². The van der Waals surface area contributed by atoms with E-state index >= 15 is 0 Å². The fourth-order valence-electron chi connectivity index (χ4n) is 0.921. The second-order valence-electron chi connectivity index (χ2n) is 3.28. The predicted molar refractivity (Wildman–Crippen MR) is 44.1 cm³/mol. The second-order valence-corrected chi connectivity index (χ2v) is 3.28. The van der Waals surface area contributed by atoms with Gasteiger partial charge in [-0.1, -0.05) is 20.8 Å². The van der Waals surface area contributed by atoms with Crippen molar-refractivity contribution in [1.29, 1.82) is 0 Å². The van der Waals surface area contributed by atoms with Crippen molar-refractivity contribution in [2.45, 2.75) is 39.4 Å². The molecule has 0 spiro atoms. The first-order valence-corrected chi connectivity index (χ1v) is 4.31. The van der Waals surface area contributed by atoms with Crippen molar-refractivity contribution in [1.82, 2.24) is 5.48 Å². The van der Waals surface area contributed by atoms with Gasteiger partial charge in [-0.05, 0) is 12.3 Å². The Morgan fingerprint density at radius 1 is 1.31 bits per heavy atom. The van der Waals surface area contributed by atoms with E-state index in [2.05, 4.69) is 10.3 Å². The lowest BCUT2D eigenvalue weighted by Gasteiger charge is -2.20. The molecule has 0 rings (SSSR count). The van der Waals surface area contributed by atoms with E-state index < -0.39 is 12.8 Å².